The number of likely N-dealkylation sites (N-methyl/N-ethyl adjacent to an activating group) is 1. The van der Waals surface area contributed by atoms with Crippen LogP contribution in [0.3, 0.4) is 0 Å². The Labute approximate surface area is 167 Å². The molecule has 0 atom stereocenters. The summed E-state index contributed by atoms with van der Waals surface area (Å²) in [5.74, 6) is 1.83. The number of rotatable bonds is 7. The summed E-state index contributed by atoms with van der Waals surface area (Å²) in [5, 5.41) is 10.1. The van der Waals surface area contributed by atoms with E-state index in [1.54, 1.807) is 23.5 Å². The number of benzene rings is 1. The molecule has 0 saturated carbocycles. The van der Waals surface area contributed by atoms with Crippen LogP contribution in [-0.2, 0) is 13.0 Å². The maximum Gasteiger partial charge on any atom is 0.248 e. The second kappa shape index (κ2) is 9.53. The summed E-state index contributed by atoms with van der Waals surface area (Å²) in [6, 6.07) is 11.6. The van der Waals surface area contributed by atoms with E-state index in [9.17, 15) is 0 Å². The summed E-state index contributed by atoms with van der Waals surface area (Å²) >= 11 is 7.69. The Morgan fingerprint density at radius 1 is 1.30 bits per heavy atom. The first-order chi connectivity index (χ1) is 13.2. The molecule has 0 fully saturated rings. The van der Waals surface area contributed by atoms with Gasteiger partial charge in [0.25, 0.3) is 0 Å². The van der Waals surface area contributed by atoms with Gasteiger partial charge in [-0.1, -0.05) is 22.8 Å². The van der Waals surface area contributed by atoms with Crippen molar-refractivity contribution in [2.45, 2.75) is 19.9 Å². The molecule has 142 valence electrons. The molecule has 6 nitrogen and oxygen atoms in total. The maximum absolute atomic E-state index is 5.91. The van der Waals surface area contributed by atoms with E-state index in [1.807, 2.05) is 26.1 Å². The molecule has 0 aliphatic heterocycles. The van der Waals surface area contributed by atoms with Crippen molar-refractivity contribution in [1.29, 1.82) is 0 Å². The van der Waals surface area contributed by atoms with Crippen LogP contribution in [0.25, 0.3) is 11.4 Å². The Bertz CT molecular complexity index is 861. The number of nitrogens with zero attached hydrogens (tertiary/aromatic N) is 4. The van der Waals surface area contributed by atoms with E-state index < -0.39 is 0 Å². The van der Waals surface area contributed by atoms with Crippen LogP contribution in [0.15, 0.2) is 51.3 Å². The molecule has 1 aromatic carbocycles. The van der Waals surface area contributed by atoms with Crippen LogP contribution in [0, 0.1) is 0 Å². The molecule has 1 N–H and O–H groups in total. The summed E-state index contributed by atoms with van der Waals surface area (Å²) in [6.45, 7) is 4.05. The number of guanidine groups is 1. The van der Waals surface area contributed by atoms with Gasteiger partial charge in [0.1, 0.15) is 6.54 Å². The first-order valence-corrected chi connectivity index (χ1v) is 10.0. The van der Waals surface area contributed by atoms with Gasteiger partial charge in [0, 0.05) is 35.6 Å². The Balaban J connectivity index is 1.63. The molecular weight excluding hydrogens is 382 g/mol. The van der Waals surface area contributed by atoms with E-state index in [2.05, 4.69) is 42.9 Å². The zero-order valence-electron chi connectivity index (χ0n) is 15.4. The number of aliphatic imine (C=N–C) groups is 1. The summed E-state index contributed by atoms with van der Waals surface area (Å²) in [4.78, 5) is 12.5. The normalized spacial score (nSPS) is 11.6. The van der Waals surface area contributed by atoms with Crippen LogP contribution in [0.4, 0.5) is 0 Å². The van der Waals surface area contributed by atoms with Crippen LogP contribution < -0.4 is 5.32 Å². The number of nitrogens with one attached hydrogen (secondary N) is 1. The molecule has 27 heavy (non-hydrogen) atoms. The predicted octanol–water partition coefficient (Wildman–Crippen LogP) is 4.09. The van der Waals surface area contributed by atoms with Crippen molar-refractivity contribution in [1.82, 2.24) is 20.4 Å². The van der Waals surface area contributed by atoms with Gasteiger partial charge in [-0.15, -0.1) is 11.3 Å². The molecular formula is C19H22ClN5OS. The molecule has 3 aromatic rings. The van der Waals surface area contributed by atoms with Crippen LogP contribution in [0.2, 0.25) is 5.02 Å². The van der Waals surface area contributed by atoms with Crippen molar-refractivity contribution in [2.24, 2.45) is 4.99 Å². The lowest BCUT2D eigenvalue weighted by Crippen LogP contribution is -2.39. The van der Waals surface area contributed by atoms with E-state index in [1.165, 1.54) is 4.88 Å². The minimum atomic E-state index is 0.326. The maximum atomic E-state index is 5.91. The molecule has 2 aromatic heterocycles. The predicted molar refractivity (Wildman–Crippen MR) is 110 cm³/mol. The molecule has 0 bridgehead atoms. The SMILES string of the molecule is CCNC(=NCc1nc(-c2ccc(Cl)cc2)no1)N(C)CCc1cccs1. The van der Waals surface area contributed by atoms with E-state index in [0.29, 0.717) is 23.3 Å². The van der Waals surface area contributed by atoms with Crippen LogP contribution >= 0.6 is 22.9 Å². The lowest BCUT2D eigenvalue weighted by atomic mass is 10.2. The average Bonchev–Trinajstić information content (AvgIpc) is 3.36. The van der Waals surface area contributed by atoms with Crippen LogP contribution in [0.1, 0.15) is 17.7 Å². The number of aromatic nitrogens is 2. The van der Waals surface area contributed by atoms with E-state index in [0.717, 1.165) is 31.0 Å². The molecule has 0 spiro atoms. The molecule has 0 aliphatic rings. The third kappa shape index (κ3) is 5.55. The third-order valence-electron chi connectivity index (χ3n) is 3.90. The van der Waals surface area contributed by atoms with Crippen LogP contribution in [-0.4, -0.2) is 41.1 Å². The fourth-order valence-corrected chi connectivity index (χ4v) is 3.31. The molecule has 0 radical (unpaired) electrons. The Morgan fingerprint density at radius 3 is 2.81 bits per heavy atom. The van der Waals surface area contributed by atoms with E-state index in [4.69, 9.17) is 16.1 Å². The van der Waals surface area contributed by atoms with E-state index in [-0.39, 0.29) is 0 Å². The fraction of sp³-hybridized carbons (Fsp3) is 0.316. The quantitative estimate of drug-likeness (QED) is 0.475. The largest absolute Gasteiger partial charge is 0.357 e. The molecule has 3 rings (SSSR count). The topological polar surface area (TPSA) is 66.5 Å². The van der Waals surface area contributed by atoms with Gasteiger partial charge in [-0.2, -0.15) is 4.98 Å². The minimum Gasteiger partial charge on any atom is -0.357 e. The van der Waals surface area contributed by atoms with Gasteiger partial charge in [0.15, 0.2) is 5.96 Å². The molecule has 8 heteroatoms. The van der Waals surface area contributed by atoms with Crippen molar-refractivity contribution < 1.29 is 4.52 Å². The first-order valence-electron chi connectivity index (χ1n) is 8.76. The molecule has 0 saturated heterocycles. The minimum absolute atomic E-state index is 0.326. The van der Waals surface area contributed by atoms with E-state index >= 15 is 0 Å². The molecule has 0 unspecified atom stereocenters. The highest BCUT2D eigenvalue weighted by Crippen LogP contribution is 2.18. The highest BCUT2D eigenvalue weighted by Gasteiger charge is 2.10. The Kier molecular flexibility index (Phi) is 6.84. The second-order valence-electron chi connectivity index (χ2n) is 5.94. The van der Waals surface area contributed by atoms with Gasteiger partial charge in [-0.3, -0.25) is 0 Å². The summed E-state index contributed by atoms with van der Waals surface area (Å²) in [6.07, 6.45) is 0.986. The number of thiophene rings is 1. The highest BCUT2D eigenvalue weighted by molar-refractivity contribution is 7.09. The third-order valence-corrected chi connectivity index (χ3v) is 5.09. The standard InChI is InChI=1S/C19H22ClN5OS/c1-3-21-19(25(2)11-10-16-5-4-12-27-16)22-13-17-23-18(24-26-17)14-6-8-15(20)9-7-14/h4-9,12H,3,10-11,13H2,1-2H3,(H,21,22). The zero-order valence-corrected chi connectivity index (χ0v) is 16.9. The zero-order chi connectivity index (χ0) is 19.1. The summed E-state index contributed by atoms with van der Waals surface area (Å²) in [7, 11) is 2.03. The van der Waals surface area contributed by atoms with Gasteiger partial charge in [0.2, 0.25) is 11.7 Å². The molecule has 0 aliphatic carbocycles. The summed E-state index contributed by atoms with van der Waals surface area (Å²) in [5.41, 5.74) is 0.860. The van der Waals surface area contributed by atoms with Gasteiger partial charge >= 0.3 is 0 Å². The van der Waals surface area contributed by atoms with Gasteiger partial charge in [-0.25, -0.2) is 4.99 Å². The molecule has 0 amide bonds. The van der Waals surface area contributed by atoms with Crippen molar-refractivity contribution in [3.63, 3.8) is 0 Å². The van der Waals surface area contributed by atoms with Crippen molar-refractivity contribution in [3.05, 3.63) is 57.6 Å². The highest BCUT2D eigenvalue weighted by atomic mass is 35.5. The number of hydrogen-bond acceptors (Lipinski definition) is 5. The van der Waals surface area contributed by atoms with Crippen LogP contribution in [0.5, 0.6) is 0 Å². The van der Waals surface area contributed by atoms with Crippen molar-refractivity contribution in [2.75, 3.05) is 20.1 Å². The van der Waals surface area contributed by atoms with Crippen molar-refractivity contribution >= 4 is 28.9 Å². The first kappa shape index (κ1) is 19.4. The second-order valence-corrected chi connectivity index (χ2v) is 7.41. The fourth-order valence-electron chi connectivity index (χ4n) is 2.49. The van der Waals surface area contributed by atoms with Gasteiger partial charge in [0.05, 0.1) is 0 Å². The number of halogens is 1. The number of hydrogen-bond donors (Lipinski definition) is 1. The lowest BCUT2D eigenvalue weighted by Gasteiger charge is -2.21. The Hall–Kier alpha value is -2.38. The molecule has 2 heterocycles. The Morgan fingerprint density at radius 2 is 2.11 bits per heavy atom. The smallest absolute Gasteiger partial charge is 0.248 e. The van der Waals surface area contributed by atoms with Gasteiger partial charge < -0.3 is 14.7 Å². The monoisotopic (exact) mass is 403 g/mol. The average molecular weight is 404 g/mol. The van der Waals surface area contributed by atoms with Gasteiger partial charge in [-0.05, 0) is 49.1 Å². The van der Waals surface area contributed by atoms with Crippen molar-refractivity contribution in [3.8, 4) is 11.4 Å². The summed E-state index contributed by atoms with van der Waals surface area (Å²) < 4.78 is 5.33. The lowest BCUT2D eigenvalue weighted by molar-refractivity contribution is 0.379.